The molecule has 0 heterocycles. The second kappa shape index (κ2) is 4.70. The zero-order valence-electron chi connectivity index (χ0n) is 8.43. The monoisotopic (exact) mass is 175 g/mol. The molecule has 0 aliphatic carbocycles. The zero-order valence-corrected chi connectivity index (χ0v) is 8.43. The summed E-state index contributed by atoms with van der Waals surface area (Å²) < 4.78 is 0. The van der Waals surface area contributed by atoms with Gasteiger partial charge in [0.25, 0.3) is 0 Å². The summed E-state index contributed by atoms with van der Waals surface area (Å²) in [5.74, 6) is 0. The normalized spacial score (nSPS) is 9.69. The minimum absolute atomic E-state index is 1.03. The second-order valence-electron chi connectivity index (χ2n) is 3.20. The maximum atomic E-state index is 3.79. The van der Waals surface area contributed by atoms with Crippen LogP contribution in [0, 0.1) is 6.92 Å². The summed E-state index contributed by atoms with van der Waals surface area (Å²) in [6.45, 7) is 9.07. The number of benzene rings is 1. The molecule has 0 saturated carbocycles. The quantitative estimate of drug-likeness (QED) is 0.739. The van der Waals surface area contributed by atoms with E-state index < -0.39 is 0 Å². The van der Waals surface area contributed by atoms with Gasteiger partial charge in [-0.1, -0.05) is 25.6 Å². The summed E-state index contributed by atoms with van der Waals surface area (Å²) in [4.78, 5) is 0. The first-order chi connectivity index (χ1) is 6.27. The van der Waals surface area contributed by atoms with Crippen LogP contribution >= 0.6 is 0 Å². The molecule has 0 aromatic heterocycles. The molecule has 0 aliphatic heterocycles. The number of nitrogens with one attached hydrogen (secondary N) is 1. The fourth-order valence-corrected chi connectivity index (χ4v) is 1.24. The lowest BCUT2D eigenvalue weighted by molar-refractivity contribution is 0.979. The van der Waals surface area contributed by atoms with Crippen LogP contribution in [0.2, 0.25) is 0 Å². The molecule has 0 spiro atoms. The maximum Gasteiger partial charge on any atom is 0.0346 e. The summed E-state index contributed by atoms with van der Waals surface area (Å²) in [6.07, 6.45) is 3.05. The Hall–Kier alpha value is -1.24. The Labute approximate surface area is 80.5 Å². The molecule has 13 heavy (non-hydrogen) atoms. The van der Waals surface area contributed by atoms with Crippen LogP contribution in [-0.2, 0) is 0 Å². The predicted molar refractivity (Wildman–Crippen MR) is 60.1 cm³/mol. The smallest absolute Gasteiger partial charge is 0.0346 e. The van der Waals surface area contributed by atoms with Crippen LogP contribution in [0.4, 0.5) is 5.69 Å². The van der Waals surface area contributed by atoms with Crippen molar-refractivity contribution in [3.63, 3.8) is 0 Å². The zero-order chi connectivity index (χ0) is 9.68. The van der Waals surface area contributed by atoms with Crippen molar-refractivity contribution >= 4 is 11.8 Å². The Bertz CT molecular complexity index is 289. The first-order valence-electron chi connectivity index (χ1n) is 4.75. The second-order valence-corrected chi connectivity index (χ2v) is 3.20. The fraction of sp³-hybridized carbons (Fsp3) is 0.333. The van der Waals surface area contributed by atoms with Crippen LogP contribution in [0.3, 0.4) is 0 Å². The van der Waals surface area contributed by atoms with Gasteiger partial charge in [0.1, 0.15) is 0 Å². The highest BCUT2D eigenvalue weighted by atomic mass is 14.9. The molecule has 0 atom stereocenters. The van der Waals surface area contributed by atoms with Gasteiger partial charge in [0.05, 0.1) is 0 Å². The molecule has 1 nitrogen and oxygen atoms in total. The Kier molecular flexibility index (Phi) is 3.56. The molecular formula is C12H17N. The van der Waals surface area contributed by atoms with Gasteiger partial charge >= 0.3 is 0 Å². The lowest BCUT2D eigenvalue weighted by Gasteiger charge is -2.07. The molecule has 70 valence electrons. The van der Waals surface area contributed by atoms with E-state index in [9.17, 15) is 0 Å². The number of anilines is 1. The van der Waals surface area contributed by atoms with Gasteiger partial charge in [0.15, 0.2) is 0 Å². The Balaban J connectivity index is 2.80. The van der Waals surface area contributed by atoms with Crippen molar-refractivity contribution < 1.29 is 0 Å². The number of rotatable bonds is 4. The average Bonchev–Trinajstić information content (AvgIpc) is 2.16. The van der Waals surface area contributed by atoms with Gasteiger partial charge in [-0.15, -0.1) is 0 Å². The van der Waals surface area contributed by atoms with E-state index in [2.05, 4.69) is 43.9 Å². The Morgan fingerprint density at radius 2 is 2.23 bits per heavy atom. The van der Waals surface area contributed by atoms with Gasteiger partial charge < -0.3 is 5.32 Å². The van der Waals surface area contributed by atoms with Crippen molar-refractivity contribution in [2.75, 3.05) is 11.9 Å². The third-order valence-corrected chi connectivity index (χ3v) is 2.08. The third-order valence-electron chi connectivity index (χ3n) is 2.08. The molecule has 1 aromatic carbocycles. The van der Waals surface area contributed by atoms with E-state index in [-0.39, 0.29) is 0 Å². The fourth-order valence-electron chi connectivity index (χ4n) is 1.24. The third kappa shape index (κ3) is 2.62. The van der Waals surface area contributed by atoms with Crippen LogP contribution in [0.1, 0.15) is 24.5 Å². The number of aryl methyl sites for hydroxylation is 1. The van der Waals surface area contributed by atoms with Crippen LogP contribution < -0.4 is 5.32 Å². The highest BCUT2D eigenvalue weighted by molar-refractivity contribution is 5.59. The van der Waals surface area contributed by atoms with Crippen molar-refractivity contribution in [1.29, 1.82) is 0 Å². The van der Waals surface area contributed by atoms with E-state index in [0.717, 1.165) is 13.0 Å². The van der Waals surface area contributed by atoms with Gasteiger partial charge in [-0.05, 0) is 36.6 Å². The first-order valence-corrected chi connectivity index (χ1v) is 4.75. The SMILES string of the molecule is C=Cc1cc(NCCC)ccc1C. The van der Waals surface area contributed by atoms with E-state index in [1.165, 1.54) is 16.8 Å². The molecule has 1 rings (SSSR count). The van der Waals surface area contributed by atoms with Crippen LogP contribution in [0.25, 0.3) is 6.08 Å². The molecule has 0 radical (unpaired) electrons. The van der Waals surface area contributed by atoms with E-state index in [1.54, 1.807) is 0 Å². The summed E-state index contributed by atoms with van der Waals surface area (Å²) in [5.41, 5.74) is 3.67. The first kappa shape index (κ1) is 9.85. The molecule has 1 aromatic rings. The minimum atomic E-state index is 1.03. The van der Waals surface area contributed by atoms with Crippen molar-refractivity contribution in [3.05, 3.63) is 35.9 Å². The molecule has 0 saturated heterocycles. The molecule has 0 amide bonds. The van der Waals surface area contributed by atoms with E-state index in [4.69, 9.17) is 0 Å². The maximum absolute atomic E-state index is 3.79. The lowest BCUT2D eigenvalue weighted by Crippen LogP contribution is -1.99. The van der Waals surface area contributed by atoms with Gasteiger partial charge in [0.2, 0.25) is 0 Å². The summed E-state index contributed by atoms with van der Waals surface area (Å²) in [5, 5.41) is 3.35. The summed E-state index contributed by atoms with van der Waals surface area (Å²) >= 11 is 0. The molecule has 0 fully saturated rings. The molecule has 1 heteroatoms. The minimum Gasteiger partial charge on any atom is -0.385 e. The standard InChI is InChI=1S/C12H17N/c1-4-8-13-12-7-6-10(3)11(5-2)9-12/h5-7,9,13H,2,4,8H2,1,3H3. The predicted octanol–water partition coefficient (Wildman–Crippen LogP) is 3.46. The van der Waals surface area contributed by atoms with Crippen molar-refractivity contribution in [3.8, 4) is 0 Å². The highest BCUT2D eigenvalue weighted by Gasteiger charge is 1.95. The van der Waals surface area contributed by atoms with Crippen LogP contribution in [0.5, 0.6) is 0 Å². The molecule has 1 N–H and O–H groups in total. The topological polar surface area (TPSA) is 12.0 Å². The van der Waals surface area contributed by atoms with Gasteiger partial charge in [-0.25, -0.2) is 0 Å². The van der Waals surface area contributed by atoms with Gasteiger partial charge in [0, 0.05) is 12.2 Å². The van der Waals surface area contributed by atoms with E-state index >= 15 is 0 Å². The van der Waals surface area contributed by atoms with Gasteiger partial charge in [-0.2, -0.15) is 0 Å². The van der Waals surface area contributed by atoms with E-state index in [1.807, 2.05) is 6.08 Å². The van der Waals surface area contributed by atoms with Gasteiger partial charge in [-0.3, -0.25) is 0 Å². The highest BCUT2D eigenvalue weighted by Crippen LogP contribution is 2.15. The van der Waals surface area contributed by atoms with Crippen molar-refractivity contribution in [2.24, 2.45) is 0 Å². The molecule has 0 bridgehead atoms. The molecule has 0 aliphatic rings. The average molecular weight is 175 g/mol. The van der Waals surface area contributed by atoms with E-state index in [0.29, 0.717) is 0 Å². The largest absolute Gasteiger partial charge is 0.385 e. The van der Waals surface area contributed by atoms with Crippen LogP contribution in [-0.4, -0.2) is 6.54 Å². The Morgan fingerprint density at radius 3 is 2.85 bits per heavy atom. The molecule has 0 unspecified atom stereocenters. The van der Waals surface area contributed by atoms with Crippen molar-refractivity contribution in [1.82, 2.24) is 0 Å². The summed E-state index contributed by atoms with van der Waals surface area (Å²) in [7, 11) is 0. The molecular weight excluding hydrogens is 158 g/mol. The lowest BCUT2D eigenvalue weighted by atomic mass is 10.1. The number of hydrogen-bond acceptors (Lipinski definition) is 1. The van der Waals surface area contributed by atoms with Crippen LogP contribution in [0.15, 0.2) is 24.8 Å². The Morgan fingerprint density at radius 1 is 1.46 bits per heavy atom. The van der Waals surface area contributed by atoms with Crippen molar-refractivity contribution in [2.45, 2.75) is 20.3 Å². The summed E-state index contributed by atoms with van der Waals surface area (Å²) in [6, 6.07) is 6.37. The number of hydrogen-bond donors (Lipinski definition) is 1.